The van der Waals surface area contributed by atoms with E-state index < -0.39 is 23.9 Å². The third kappa shape index (κ3) is 7.71. The zero-order chi connectivity index (χ0) is 28.4. The van der Waals surface area contributed by atoms with E-state index in [9.17, 15) is 14.4 Å². The second kappa shape index (κ2) is 13.8. The highest BCUT2D eigenvalue weighted by molar-refractivity contribution is 9.10. The van der Waals surface area contributed by atoms with Gasteiger partial charge in [-0.2, -0.15) is 10.4 Å². The molecule has 0 saturated heterocycles. The van der Waals surface area contributed by atoms with E-state index in [1.807, 2.05) is 6.07 Å². The fraction of sp³-hybridized carbons (Fsp3) is 0.269. The number of hydrogen-bond donors (Lipinski definition) is 3. The first-order valence-corrected chi connectivity index (χ1v) is 12.4. The molecule has 3 rings (SSSR count). The van der Waals surface area contributed by atoms with Gasteiger partial charge in [0.05, 0.1) is 36.0 Å². The molecule has 0 radical (unpaired) electrons. The van der Waals surface area contributed by atoms with Gasteiger partial charge in [0.1, 0.15) is 11.8 Å². The van der Waals surface area contributed by atoms with Crippen molar-refractivity contribution in [1.29, 1.82) is 5.26 Å². The van der Waals surface area contributed by atoms with Gasteiger partial charge in [0.2, 0.25) is 0 Å². The Kier molecular flexibility index (Phi) is 10.3. The summed E-state index contributed by atoms with van der Waals surface area (Å²) in [4.78, 5) is 36.9. The van der Waals surface area contributed by atoms with Crippen LogP contribution in [0.25, 0.3) is 0 Å². The zero-order valence-corrected chi connectivity index (χ0v) is 23.0. The molecule has 0 spiro atoms. The Hall–Kier alpha value is -4.57. The molecule has 1 atom stereocenters. The summed E-state index contributed by atoms with van der Waals surface area (Å²) < 4.78 is 22.1. The predicted molar refractivity (Wildman–Crippen MR) is 143 cm³/mol. The molecule has 3 amide bonds. The lowest BCUT2D eigenvalue weighted by Crippen LogP contribution is -2.45. The summed E-state index contributed by atoms with van der Waals surface area (Å²) in [6.45, 7) is 3.07. The number of benzene rings is 2. The van der Waals surface area contributed by atoms with Gasteiger partial charge >= 0.3 is 12.0 Å². The summed E-state index contributed by atoms with van der Waals surface area (Å²) in [5.74, 6) is 0.00710. The Morgan fingerprint density at radius 2 is 1.95 bits per heavy atom. The van der Waals surface area contributed by atoms with Crippen LogP contribution < -0.4 is 30.3 Å². The van der Waals surface area contributed by atoms with Crippen molar-refractivity contribution in [3.8, 4) is 23.3 Å². The molecule has 3 N–H and O–H groups in total. The first-order chi connectivity index (χ1) is 18.8. The minimum absolute atomic E-state index is 0.0738. The van der Waals surface area contributed by atoms with E-state index >= 15 is 0 Å². The van der Waals surface area contributed by atoms with E-state index in [0.29, 0.717) is 32.8 Å². The van der Waals surface area contributed by atoms with Crippen molar-refractivity contribution in [2.24, 2.45) is 5.10 Å². The van der Waals surface area contributed by atoms with Crippen LogP contribution >= 0.6 is 15.9 Å². The molecule has 0 aliphatic carbocycles. The van der Waals surface area contributed by atoms with Gasteiger partial charge in [0.15, 0.2) is 24.7 Å². The molecule has 13 heteroatoms. The number of methoxy groups -OCH3 is 1. The molecule has 2 aromatic carbocycles. The van der Waals surface area contributed by atoms with Gasteiger partial charge in [0.25, 0.3) is 5.91 Å². The number of carbonyl (C=O) groups excluding carboxylic acids is 3. The Bertz CT molecular complexity index is 1350. The number of nitriles is 1. The molecule has 1 aliphatic heterocycles. The molecule has 0 aromatic heterocycles. The molecule has 1 aliphatic rings. The number of nitrogens with one attached hydrogen (secondary N) is 3. The van der Waals surface area contributed by atoms with Crippen LogP contribution in [0.3, 0.4) is 0 Å². The van der Waals surface area contributed by atoms with Crippen molar-refractivity contribution in [1.82, 2.24) is 16.1 Å². The lowest BCUT2D eigenvalue weighted by atomic mass is 9.95. The molecule has 204 valence electrons. The van der Waals surface area contributed by atoms with Crippen LogP contribution in [-0.2, 0) is 14.3 Å². The molecule has 12 nitrogen and oxygen atoms in total. The van der Waals surface area contributed by atoms with E-state index in [-0.39, 0.29) is 31.1 Å². The zero-order valence-electron chi connectivity index (χ0n) is 21.4. The third-order valence-electron chi connectivity index (χ3n) is 5.30. The number of carbonyl (C=O) groups is 3. The highest BCUT2D eigenvalue weighted by Crippen LogP contribution is 2.34. The molecule has 0 fully saturated rings. The number of halogens is 1. The van der Waals surface area contributed by atoms with Gasteiger partial charge in [-0.05, 0) is 71.2 Å². The van der Waals surface area contributed by atoms with Crippen LogP contribution in [0.5, 0.6) is 17.2 Å². The number of amides is 3. The Morgan fingerprint density at radius 3 is 2.64 bits per heavy atom. The van der Waals surface area contributed by atoms with Crippen LogP contribution in [0.1, 0.15) is 31.0 Å². The van der Waals surface area contributed by atoms with Gasteiger partial charge in [-0.3, -0.25) is 4.79 Å². The van der Waals surface area contributed by atoms with Crippen molar-refractivity contribution in [2.75, 3.05) is 26.9 Å². The fourth-order valence-corrected chi connectivity index (χ4v) is 4.10. The Morgan fingerprint density at radius 1 is 1.18 bits per heavy atom. The second-order valence-electron chi connectivity index (χ2n) is 7.92. The number of urea groups is 1. The molecule has 1 heterocycles. The maximum absolute atomic E-state index is 12.5. The smallest absolute Gasteiger partial charge is 0.338 e. The molecular formula is C26H26BrN5O7. The van der Waals surface area contributed by atoms with Gasteiger partial charge in [0, 0.05) is 5.70 Å². The predicted octanol–water partition coefficient (Wildman–Crippen LogP) is 3.08. The Balaban J connectivity index is 1.64. The highest BCUT2D eigenvalue weighted by atomic mass is 79.9. The van der Waals surface area contributed by atoms with Crippen molar-refractivity contribution in [3.63, 3.8) is 0 Å². The summed E-state index contributed by atoms with van der Waals surface area (Å²) >= 11 is 3.35. The minimum atomic E-state index is -0.773. The normalized spacial score (nSPS) is 14.6. The van der Waals surface area contributed by atoms with Gasteiger partial charge in [-0.15, -0.1) is 0 Å². The monoisotopic (exact) mass is 599 g/mol. The first-order valence-electron chi connectivity index (χ1n) is 11.6. The third-order valence-corrected chi connectivity index (χ3v) is 5.92. The lowest BCUT2D eigenvalue weighted by Gasteiger charge is -2.28. The van der Waals surface area contributed by atoms with Gasteiger partial charge < -0.3 is 29.6 Å². The number of nitrogens with zero attached hydrogens (tertiary/aromatic N) is 2. The summed E-state index contributed by atoms with van der Waals surface area (Å²) in [7, 11) is 1.43. The van der Waals surface area contributed by atoms with E-state index in [1.54, 1.807) is 50.2 Å². The fourth-order valence-electron chi connectivity index (χ4n) is 3.59. The maximum Gasteiger partial charge on any atom is 0.338 e. The summed E-state index contributed by atoms with van der Waals surface area (Å²) in [6, 6.07) is 10.6. The van der Waals surface area contributed by atoms with E-state index in [4.69, 9.17) is 24.2 Å². The Labute approximate surface area is 233 Å². The van der Waals surface area contributed by atoms with Crippen molar-refractivity contribution in [2.45, 2.75) is 19.9 Å². The van der Waals surface area contributed by atoms with E-state index in [0.717, 1.165) is 0 Å². The highest BCUT2D eigenvalue weighted by Gasteiger charge is 2.32. The van der Waals surface area contributed by atoms with Gasteiger partial charge in [-0.1, -0.05) is 6.07 Å². The van der Waals surface area contributed by atoms with Crippen molar-refractivity contribution >= 4 is 40.1 Å². The number of ether oxygens (including phenoxy) is 4. The van der Waals surface area contributed by atoms with Crippen LogP contribution in [0.4, 0.5) is 4.79 Å². The average Bonchev–Trinajstić information content (AvgIpc) is 2.91. The molecule has 39 heavy (non-hydrogen) atoms. The molecule has 0 unspecified atom stereocenters. The number of hydrazone groups is 1. The first kappa shape index (κ1) is 29.0. The quantitative estimate of drug-likeness (QED) is 0.202. The average molecular weight is 600 g/mol. The number of rotatable bonds is 11. The summed E-state index contributed by atoms with van der Waals surface area (Å²) in [5.41, 5.74) is 4.26. The number of hydrogen-bond acceptors (Lipinski definition) is 9. The van der Waals surface area contributed by atoms with E-state index in [1.165, 1.54) is 13.3 Å². The van der Waals surface area contributed by atoms with Crippen molar-refractivity contribution < 1.29 is 33.3 Å². The summed E-state index contributed by atoms with van der Waals surface area (Å²) in [5, 5.41) is 17.8. The van der Waals surface area contributed by atoms with E-state index in [2.05, 4.69) is 37.1 Å². The van der Waals surface area contributed by atoms with Gasteiger partial charge in [-0.25, -0.2) is 15.0 Å². The molecular weight excluding hydrogens is 574 g/mol. The minimum Gasteiger partial charge on any atom is -0.493 e. The molecule has 0 saturated carbocycles. The molecule has 0 bridgehead atoms. The second-order valence-corrected chi connectivity index (χ2v) is 8.77. The number of esters is 1. The van der Waals surface area contributed by atoms with Crippen LogP contribution in [-0.4, -0.2) is 51.1 Å². The SMILES string of the molecule is CCOC(=O)C1=C(C)NC(=O)N[C@@H]1c1ccc(OCC(=O)N/N=C\c2ccc(OCC#N)c(Br)c2)c(OC)c1. The lowest BCUT2D eigenvalue weighted by molar-refractivity contribution is -0.139. The number of allylic oxidation sites excluding steroid dienone is 1. The molecule has 2 aromatic rings. The van der Waals surface area contributed by atoms with Crippen LogP contribution in [0.15, 0.2) is 57.2 Å². The van der Waals surface area contributed by atoms with Crippen LogP contribution in [0.2, 0.25) is 0 Å². The summed E-state index contributed by atoms with van der Waals surface area (Å²) in [6.07, 6.45) is 1.44. The van der Waals surface area contributed by atoms with Crippen LogP contribution in [0, 0.1) is 11.3 Å². The maximum atomic E-state index is 12.5. The standard InChI is InChI=1S/C26H26BrN5O7/c1-4-37-25(34)23-15(2)30-26(35)31-24(23)17-6-8-20(21(12-17)36-3)39-14-22(33)32-29-13-16-5-7-19(18(27)11-16)38-10-9-28/h5-8,11-13,24H,4,10,14H2,1-3H3,(H,32,33)(H2,30,31,35)/b29-13-/t24-/m1/s1. The van der Waals surface area contributed by atoms with Crippen molar-refractivity contribution in [3.05, 3.63) is 63.3 Å². The largest absolute Gasteiger partial charge is 0.493 e. The topological polar surface area (TPSA) is 160 Å².